The summed E-state index contributed by atoms with van der Waals surface area (Å²) in [6.07, 6.45) is 10.9. The van der Waals surface area contributed by atoms with Gasteiger partial charge in [-0.15, -0.1) is 0 Å². The van der Waals surface area contributed by atoms with Gasteiger partial charge in [0.05, 0.1) is 0 Å². The van der Waals surface area contributed by atoms with Crippen molar-refractivity contribution in [3.05, 3.63) is 28.3 Å². The normalized spacial score (nSPS) is 22.1. The van der Waals surface area contributed by atoms with Gasteiger partial charge >= 0.3 is 6.03 Å². The molecule has 4 rings (SSSR count). The monoisotopic (exact) mass is 373 g/mol. The van der Waals surface area contributed by atoms with Crippen molar-refractivity contribution in [1.29, 1.82) is 0 Å². The van der Waals surface area contributed by atoms with Crippen LogP contribution in [-0.4, -0.2) is 35.8 Å². The van der Waals surface area contributed by atoms with Crippen molar-refractivity contribution < 1.29 is 4.79 Å². The maximum atomic E-state index is 12.5. The molecule has 0 spiro atoms. The van der Waals surface area contributed by atoms with Crippen molar-refractivity contribution in [2.24, 2.45) is 0 Å². The number of carbonyl (C=O) groups excluding carboxylic acids is 1. The first kappa shape index (κ1) is 18.2. The van der Waals surface area contributed by atoms with Gasteiger partial charge in [0.2, 0.25) is 0 Å². The van der Waals surface area contributed by atoms with E-state index in [9.17, 15) is 4.79 Å². The van der Waals surface area contributed by atoms with Gasteiger partial charge in [-0.2, -0.15) is 0 Å². The maximum absolute atomic E-state index is 12.5. The number of nitrogens with one attached hydrogen (secondary N) is 2. The average Bonchev–Trinajstić information content (AvgIpc) is 3.31. The number of hydrogen-bond donors (Lipinski definition) is 2. The molecule has 1 aromatic rings. The number of rotatable bonds is 5. The predicted octanol–water partition coefficient (Wildman–Crippen LogP) is 4.31. The Balaban J connectivity index is 1.36. The summed E-state index contributed by atoms with van der Waals surface area (Å²) in [5.41, 5.74) is 6.87. The highest BCUT2D eigenvalue weighted by Crippen LogP contribution is 2.38. The van der Waals surface area contributed by atoms with Crippen molar-refractivity contribution >= 4 is 23.7 Å². The van der Waals surface area contributed by atoms with Crippen LogP contribution in [0, 0.1) is 0 Å². The molecule has 2 aliphatic carbocycles. The minimum absolute atomic E-state index is 0.0525. The second kappa shape index (κ2) is 8.22. The van der Waals surface area contributed by atoms with E-state index in [4.69, 9.17) is 0 Å². The van der Waals surface area contributed by atoms with Gasteiger partial charge in [0.1, 0.15) is 0 Å². The lowest BCUT2D eigenvalue weighted by molar-refractivity contribution is 0.173. The number of hydrogen-bond acceptors (Lipinski definition) is 3. The van der Waals surface area contributed by atoms with E-state index in [0.29, 0.717) is 6.04 Å². The van der Waals surface area contributed by atoms with Crippen LogP contribution in [-0.2, 0) is 25.7 Å². The summed E-state index contributed by atoms with van der Waals surface area (Å²) in [7, 11) is 0. The van der Waals surface area contributed by atoms with Gasteiger partial charge in [-0.1, -0.05) is 19.4 Å². The van der Waals surface area contributed by atoms with Gasteiger partial charge in [-0.3, -0.25) is 9.62 Å². The lowest BCUT2D eigenvalue weighted by Crippen LogP contribution is -2.41. The number of amides is 2. The number of piperidine rings is 1. The lowest BCUT2D eigenvalue weighted by Gasteiger charge is -2.34. The molecule has 1 fully saturated rings. The molecule has 1 unspecified atom stereocenters. The standard InChI is InChI=1S/C21H31N3OS/c1-2-24-12-4-3-9-17(24)14-26-23-21(25)22-20-18-10-5-7-15(18)13-16-8-6-11-19(16)20/h13,17H,2-12,14H2,1H3,(H2,22,23,25). The Bertz CT molecular complexity index is 643. The molecule has 2 N–H and O–H groups in total. The molecule has 1 saturated heterocycles. The van der Waals surface area contributed by atoms with Gasteiger partial charge in [-0.05, 0) is 98.7 Å². The minimum atomic E-state index is -0.0525. The van der Waals surface area contributed by atoms with Crippen LogP contribution in [0.15, 0.2) is 6.07 Å². The first-order valence-electron chi connectivity index (χ1n) is 10.4. The average molecular weight is 374 g/mol. The topological polar surface area (TPSA) is 44.4 Å². The SMILES string of the molecule is CCN1CCCCC1CSNC(=O)Nc1c2c(cc3c1CCC3)CCC2. The summed E-state index contributed by atoms with van der Waals surface area (Å²) >= 11 is 1.57. The molecule has 1 aliphatic heterocycles. The van der Waals surface area contributed by atoms with Crippen molar-refractivity contribution in [1.82, 2.24) is 9.62 Å². The Kier molecular flexibility index (Phi) is 5.75. The van der Waals surface area contributed by atoms with Gasteiger partial charge < -0.3 is 5.32 Å². The Hall–Kier alpha value is -1.20. The number of fused-ring (bicyclic) bond motifs is 2. The number of nitrogens with zero attached hydrogens (tertiary/aromatic N) is 1. The summed E-state index contributed by atoms with van der Waals surface area (Å²) in [5, 5.41) is 3.22. The number of aryl methyl sites for hydroxylation is 2. The number of urea groups is 1. The van der Waals surface area contributed by atoms with Crippen molar-refractivity contribution in [2.75, 3.05) is 24.2 Å². The van der Waals surface area contributed by atoms with Crippen molar-refractivity contribution in [2.45, 2.75) is 70.8 Å². The van der Waals surface area contributed by atoms with Gasteiger partial charge in [0, 0.05) is 17.5 Å². The number of likely N-dealkylation sites (tertiary alicyclic amines) is 1. The van der Waals surface area contributed by atoms with Gasteiger partial charge in [-0.25, -0.2) is 4.79 Å². The summed E-state index contributed by atoms with van der Waals surface area (Å²) in [4.78, 5) is 15.1. The van der Waals surface area contributed by atoms with E-state index in [1.807, 2.05) is 0 Å². The first-order chi connectivity index (χ1) is 12.8. The Morgan fingerprint density at radius 1 is 1.12 bits per heavy atom. The molecule has 1 aromatic carbocycles. The van der Waals surface area contributed by atoms with E-state index in [0.717, 1.165) is 30.8 Å². The largest absolute Gasteiger partial charge is 0.329 e. The molecule has 26 heavy (non-hydrogen) atoms. The maximum Gasteiger partial charge on any atom is 0.329 e. The van der Waals surface area contributed by atoms with Gasteiger partial charge in [0.25, 0.3) is 0 Å². The highest BCUT2D eigenvalue weighted by molar-refractivity contribution is 7.97. The molecule has 0 aromatic heterocycles. The van der Waals surface area contributed by atoms with E-state index in [1.54, 1.807) is 11.9 Å². The quantitative estimate of drug-likeness (QED) is 0.756. The molecule has 0 bridgehead atoms. The molecule has 142 valence electrons. The van der Waals surface area contributed by atoms with Crippen LogP contribution in [0.2, 0.25) is 0 Å². The predicted molar refractivity (Wildman–Crippen MR) is 110 cm³/mol. The van der Waals surface area contributed by atoms with Gasteiger partial charge in [0.15, 0.2) is 0 Å². The van der Waals surface area contributed by atoms with E-state index < -0.39 is 0 Å². The molecule has 0 radical (unpaired) electrons. The smallest absolute Gasteiger partial charge is 0.307 e. The molecular formula is C21H31N3OS. The fraction of sp³-hybridized carbons (Fsp3) is 0.667. The molecule has 2 amide bonds. The number of anilines is 1. The zero-order chi connectivity index (χ0) is 17.9. The van der Waals surface area contributed by atoms with Crippen LogP contribution < -0.4 is 10.0 Å². The van der Waals surface area contributed by atoms with Crippen LogP contribution in [0.3, 0.4) is 0 Å². The molecule has 4 nitrogen and oxygen atoms in total. The fourth-order valence-corrected chi connectivity index (χ4v) is 5.81. The fourth-order valence-electron chi connectivity index (χ4n) is 4.97. The van der Waals surface area contributed by atoms with E-state index in [1.165, 1.54) is 73.7 Å². The number of benzene rings is 1. The highest BCUT2D eigenvalue weighted by atomic mass is 32.2. The summed E-state index contributed by atoms with van der Waals surface area (Å²) in [6, 6.07) is 2.96. The minimum Gasteiger partial charge on any atom is -0.307 e. The third kappa shape index (κ3) is 3.74. The zero-order valence-electron chi connectivity index (χ0n) is 15.9. The van der Waals surface area contributed by atoms with E-state index in [2.05, 4.69) is 27.9 Å². The van der Waals surface area contributed by atoms with Crippen LogP contribution in [0.4, 0.5) is 10.5 Å². The highest BCUT2D eigenvalue weighted by Gasteiger charge is 2.25. The molecule has 5 heteroatoms. The van der Waals surface area contributed by atoms with Crippen molar-refractivity contribution in [3.8, 4) is 0 Å². The molecule has 1 heterocycles. The molecule has 0 saturated carbocycles. The van der Waals surface area contributed by atoms with Crippen LogP contribution >= 0.6 is 11.9 Å². The Morgan fingerprint density at radius 3 is 2.54 bits per heavy atom. The lowest BCUT2D eigenvalue weighted by atomic mass is 9.99. The molecule has 1 atom stereocenters. The summed E-state index contributed by atoms with van der Waals surface area (Å²) in [6.45, 7) is 4.55. The summed E-state index contributed by atoms with van der Waals surface area (Å²) < 4.78 is 3.05. The first-order valence-corrected chi connectivity index (χ1v) is 11.3. The van der Waals surface area contributed by atoms with Crippen molar-refractivity contribution in [3.63, 3.8) is 0 Å². The third-order valence-electron chi connectivity index (χ3n) is 6.31. The Morgan fingerprint density at radius 2 is 1.85 bits per heavy atom. The van der Waals surface area contributed by atoms with Crippen LogP contribution in [0.5, 0.6) is 0 Å². The number of carbonyl (C=O) groups is 1. The Labute approximate surface area is 161 Å². The van der Waals surface area contributed by atoms with Crippen LogP contribution in [0.1, 0.15) is 61.3 Å². The summed E-state index contributed by atoms with van der Waals surface area (Å²) in [5.74, 6) is 0.978. The third-order valence-corrected chi connectivity index (χ3v) is 7.19. The van der Waals surface area contributed by atoms with E-state index in [-0.39, 0.29) is 6.03 Å². The second-order valence-electron chi connectivity index (χ2n) is 7.88. The zero-order valence-corrected chi connectivity index (χ0v) is 16.7. The molecular weight excluding hydrogens is 342 g/mol. The van der Waals surface area contributed by atoms with E-state index >= 15 is 0 Å². The second-order valence-corrected chi connectivity index (χ2v) is 8.71. The van der Waals surface area contributed by atoms with Crippen LogP contribution in [0.25, 0.3) is 0 Å². The molecule has 3 aliphatic rings.